The number of rotatable bonds is 4. The highest BCUT2D eigenvalue weighted by molar-refractivity contribution is 5.95. The zero-order chi connectivity index (χ0) is 22.9. The minimum Gasteiger partial charge on any atom is -0.446 e. The SMILES string of the molecule is C[C@@H](C(=O)N1C(=O)OC[C@H]1c1ccccc1)C1CCC(c2ccnc3ccc(F)cc23)CC1. The molecule has 170 valence electrons. The number of halogens is 1. The quantitative estimate of drug-likeness (QED) is 0.493. The molecule has 0 bridgehead atoms. The van der Waals surface area contributed by atoms with Gasteiger partial charge in [-0.05, 0) is 72.9 Å². The summed E-state index contributed by atoms with van der Waals surface area (Å²) in [5.41, 5.74) is 2.84. The number of hydrogen-bond donors (Lipinski definition) is 0. The minimum atomic E-state index is -0.556. The Hall–Kier alpha value is -3.28. The van der Waals surface area contributed by atoms with Gasteiger partial charge in [-0.3, -0.25) is 9.78 Å². The lowest BCUT2D eigenvalue weighted by Gasteiger charge is -2.34. The first-order chi connectivity index (χ1) is 16.0. The van der Waals surface area contributed by atoms with Crippen LogP contribution in [0.15, 0.2) is 60.8 Å². The Bertz CT molecular complexity index is 1170. The highest BCUT2D eigenvalue weighted by Crippen LogP contribution is 2.42. The van der Waals surface area contributed by atoms with Crippen LogP contribution in [0.4, 0.5) is 9.18 Å². The van der Waals surface area contributed by atoms with E-state index >= 15 is 0 Å². The van der Waals surface area contributed by atoms with Crippen LogP contribution < -0.4 is 0 Å². The van der Waals surface area contributed by atoms with Crippen molar-refractivity contribution >= 4 is 22.9 Å². The summed E-state index contributed by atoms with van der Waals surface area (Å²) in [7, 11) is 0. The molecule has 2 fully saturated rings. The van der Waals surface area contributed by atoms with Crippen molar-refractivity contribution in [2.75, 3.05) is 6.61 Å². The van der Waals surface area contributed by atoms with Crippen LogP contribution in [0, 0.1) is 17.7 Å². The van der Waals surface area contributed by atoms with Crippen LogP contribution in [0.5, 0.6) is 0 Å². The lowest BCUT2D eigenvalue weighted by molar-refractivity contribution is -0.135. The van der Waals surface area contributed by atoms with Gasteiger partial charge >= 0.3 is 6.09 Å². The van der Waals surface area contributed by atoms with Crippen molar-refractivity contribution in [2.45, 2.75) is 44.6 Å². The Balaban J connectivity index is 1.29. The zero-order valence-electron chi connectivity index (χ0n) is 18.6. The molecular formula is C27H27FN2O3. The van der Waals surface area contributed by atoms with Gasteiger partial charge in [-0.1, -0.05) is 37.3 Å². The van der Waals surface area contributed by atoms with Gasteiger partial charge in [0, 0.05) is 17.5 Å². The maximum atomic E-state index is 13.9. The van der Waals surface area contributed by atoms with E-state index in [2.05, 4.69) is 4.98 Å². The van der Waals surface area contributed by atoms with Crippen molar-refractivity contribution in [1.82, 2.24) is 9.88 Å². The van der Waals surface area contributed by atoms with E-state index in [1.165, 1.54) is 11.0 Å². The highest BCUT2D eigenvalue weighted by atomic mass is 19.1. The first kappa shape index (κ1) is 21.6. The van der Waals surface area contributed by atoms with E-state index in [0.29, 0.717) is 5.92 Å². The summed E-state index contributed by atoms with van der Waals surface area (Å²) in [6.45, 7) is 2.12. The van der Waals surface area contributed by atoms with Crippen LogP contribution in [0.3, 0.4) is 0 Å². The topological polar surface area (TPSA) is 59.5 Å². The van der Waals surface area contributed by atoms with E-state index in [-0.39, 0.29) is 36.2 Å². The maximum absolute atomic E-state index is 13.9. The monoisotopic (exact) mass is 446 g/mol. The van der Waals surface area contributed by atoms with Gasteiger partial charge in [0.1, 0.15) is 18.5 Å². The number of ether oxygens (including phenoxy) is 1. The molecule has 1 aromatic heterocycles. The van der Waals surface area contributed by atoms with Gasteiger partial charge in [0.25, 0.3) is 0 Å². The van der Waals surface area contributed by atoms with E-state index < -0.39 is 6.09 Å². The van der Waals surface area contributed by atoms with Gasteiger partial charge < -0.3 is 4.74 Å². The molecule has 2 aromatic carbocycles. The fourth-order valence-corrected chi connectivity index (χ4v) is 5.43. The van der Waals surface area contributed by atoms with Crippen molar-refractivity contribution in [3.8, 4) is 0 Å². The van der Waals surface area contributed by atoms with Gasteiger partial charge in [-0.15, -0.1) is 0 Å². The molecule has 1 aliphatic carbocycles. The van der Waals surface area contributed by atoms with Crippen molar-refractivity contribution in [1.29, 1.82) is 0 Å². The standard InChI is InChI=1S/C27H27FN2O3/c1-17(26(31)30-25(16-33-27(30)32)20-5-3-2-4-6-20)18-7-9-19(10-8-18)22-13-14-29-24-12-11-21(28)15-23(22)24/h2-6,11-15,17-19,25H,7-10,16H2,1H3/t17-,18?,19?,25+/m1/s1. The minimum absolute atomic E-state index is 0.161. The van der Waals surface area contributed by atoms with E-state index in [1.54, 1.807) is 18.3 Å². The third-order valence-electron chi connectivity index (χ3n) is 7.34. The number of aromatic nitrogens is 1. The van der Waals surface area contributed by atoms with Gasteiger partial charge in [-0.2, -0.15) is 0 Å². The fraction of sp³-hybridized carbons (Fsp3) is 0.370. The number of hydrogen-bond acceptors (Lipinski definition) is 4. The molecular weight excluding hydrogens is 419 g/mol. The largest absolute Gasteiger partial charge is 0.446 e. The van der Waals surface area contributed by atoms with Crippen molar-refractivity contribution in [3.63, 3.8) is 0 Å². The predicted octanol–water partition coefficient (Wildman–Crippen LogP) is 6.00. The Morgan fingerprint density at radius 2 is 1.85 bits per heavy atom. The summed E-state index contributed by atoms with van der Waals surface area (Å²) in [5, 5.41) is 0.871. The fourth-order valence-electron chi connectivity index (χ4n) is 5.43. The van der Waals surface area contributed by atoms with Crippen LogP contribution in [0.2, 0.25) is 0 Å². The molecule has 2 atom stereocenters. The molecule has 2 aliphatic rings. The number of pyridine rings is 1. The normalized spacial score (nSPS) is 24.0. The number of carbonyl (C=O) groups excluding carboxylic acids is 2. The molecule has 1 aliphatic heterocycles. The summed E-state index contributed by atoms with van der Waals surface area (Å²) in [5.74, 6) is -0.177. The molecule has 5 rings (SSSR count). The van der Waals surface area contributed by atoms with Crippen LogP contribution >= 0.6 is 0 Å². The Morgan fingerprint density at radius 3 is 2.61 bits per heavy atom. The molecule has 0 unspecified atom stereocenters. The van der Waals surface area contributed by atoms with Crippen molar-refractivity contribution in [3.05, 3.63) is 77.7 Å². The number of nitrogens with zero attached hydrogens (tertiary/aromatic N) is 2. The van der Waals surface area contributed by atoms with Gasteiger partial charge in [0.05, 0.1) is 5.52 Å². The smallest absolute Gasteiger partial charge is 0.417 e. The lowest BCUT2D eigenvalue weighted by Crippen LogP contribution is -2.40. The van der Waals surface area contributed by atoms with Crippen molar-refractivity contribution in [2.24, 2.45) is 11.8 Å². The molecule has 2 amide bonds. The molecule has 5 nitrogen and oxygen atoms in total. The second-order valence-electron chi connectivity index (χ2n) is 9.17. The molecule has 6 heteroatoms. The molecule has 33 heavy (non-hydrogen) atoms. The summed E-state index contributed by atoms with van der Waals surface area (Å²) < 4.78 is 19.1. The molecule has 0 N–H and O–H groups in total. The van der Waals surface area contributed by atoms with Crippen LogP contribution in [0.1, 0.15) is 55.7 Å². The second-order valence-corrected chi connectivity index (χ2v) is 9.17. The number of imide groups is 1. The maximum Gasteiger partial charge on any atom is 0.417 e. The van der Waals surface area contributed by atoms with E-state index in [4.69, 9.17) is 4.74 Å². The Labute approximate surface area is 192 Å². The number of fused-ring (bicyclic) bond motifs is 1. The van der Waals surface area contributed by atoms with Crippen LogP contribution in [0.25, 0.3) is 10.9 Å². The van der Waals surface area contributed by atoms with E-state index in [1.807, 2.05) is 43.3 Å². The molecule has 1 saturated heterocycles. The summed E-state index contributed by atoms with van der Waals surface area (Å²) in [6.07, 6.45) is 4.84. The van der Waals surface area contributed by atoms with E-state index in [9.17, 15) is 14.0 Å². The van der Waals surface area contributed by atoms with Gasteiger partial charge in [0.2, 0.25) is 5.91 Å². The van der Waals surface area contributed by atoms with Crippen molar-refractivity contribution < 1.29 is 18.7 Å². The first-order valence-corrected chi connectivity index (χ1v) is 11.6. The predicted molar refractivity (Wildman–Crippen MR) is 123 cm³/mol. The average molecular weight is 447 g/mol. The Morgan fingerprint density at radius 1 is 1.09 bits per heavy atom. The van der Waals surface area contributed by atoms with Crippen LogP contribution in [-0.4, -0.2) is 28.5 Å². The lowest BCUT2D eigenvalue weighted by atomic mass is 9.73. The Kier molecular flexibility index (Phi) is 5.83. The molecule has 0 radical (unpaired) electrons. The summed E-state index contributed by atoms with van der Waals surface area (Å²) in [4.78, 5) is 31.5. The number of cyclic esters (lactones) is 1. The number of benzene rings is 2. The molecule has 3 aromatic rings. The zero-order valence-corrected chi connectivity index (χ0v) is 18.6. The van der Waals surface area contributed by atoms with Gasteiger partial charge in [0.15, 0.2) is 0 Å². The van der Waals surface area contributed by atoms with Crippen LogP contribution in [-0.2, 0) is 9.53 Å². The molecule has 2 heterocycles. The number of carbonyl (C=O) groups is 2. The first-order valence-electron chi connectivity index (χ1n) is 11.6. The number of amides is 2. The third-order valence-corrected chi connectivity index (χ3v) is 7.34. The molecule has 1 saturated carbocycles. The highest BCUT2D eigenvalue weighted by Gasteiger charge is 2.42. The second kappa shape index (κ2) is 8.93. The third kappa shape index (κ3) is 4.10. The van der Waals surface area contributed by atoms with Gasteiger partial charge in [-0.25, -0.2) is 14.1 Å². The summed E-state index contributed by atoms with van der Waals surface area (Å²) in [6, 6.07) is 15.9. The average Bonchev–Trinajstić information content (AvgIpc) is 3.24. The summed E-state index contributed by atoms with van der Waals surface area (Å²) >= 11 is 0. The molecule has 0 spiro atoms. The van der Waals surface area contributed by atoms with E-state index in [0.717, 1.165) is 47.7 Å².